The number of alkyl halides is 3. The number of anilines is 2. The van der Waals surface area contributed by atoms with E-state index in [9.17, 15) is 18.0 Å². The second-order valence-corrected chi connectivity index (χ2v) is 7.76. The summed E-state index contributed by atoms with van der Waals surface area (Å²) >= 11 is 1.45. The summed E-state index contributed by atoms with van der Waals surface area (Å²) < 4.78 is 33.6. The molecule has 0 unspecified atom stereocenters. The minimum atomic E-state index is -5.08. The molecule has 1 aliphatic carbocycles. The third-order valence-electron chi connectivity index (χ3n) is 4.39. The molecule has 1 amide bonds. The van der Waals surface area contributed by atoms with E-state index in [4.69, 9.17) is 9.90 Å². The molecule has 3 heterocycles. The molecule has 170 valence electrons. The van der Waals surface area contributed by atoms with Crippen LogP contribution in [0.5, 0.6) is 0 Å². The molecule has 32 heavy (non-hydrogen) atoms. The van der Waals surface area contributed by atoms with Gasteiger partial charge >= 0.3 is 12.1 Å². The molecule has 0 atom stereocenters. The fraction of sp³-hybridized carbons (Fsp3) is 0.316. The van der Waals surface area contributed by atoms with E-state index in [1.165, 1.54) is 24.2 Å². The maximum atomic E-state index is 12.3. The van der Waals surface area contributed by atoms with E-state index in [-0.39, 0.29) is 5.91 Å². The average molecular weight is 468 g/mol. The molecular weight excluding hydrogens is 449 g/mol. The fourth-order valence-electron chi connectivity index (χ4n) is 2.37. The van der Waals surface area contributed by atoms with Crippen LogP contribution in [-0.2, 0) is 4.79 Å². The third kappa shape index (κ3) is 6.03. The quantitative estimate of drug-likeness (QED) is 0.521. The number of rotatable bonds is 5. The second kappa shape index (κ2) is 9.34. The number of imidazole rings is 1. The number of aryl methyl sites for hydroxylation is 1. The van der Waals surface area contributed by atoms with E-state index in [0.717, 1.165) is 22.3 Å². The Morgan fingerprint density at radius 1 is 1.22 bits per heavy atom. The fourth-order valence-corrected chi connectivity index (χ4v) is 3.14. The first kappa shape index (κ1) is 23.2. The van der Waals surface area contributed by atoms with Gasteiger partial charge in [0.25, 0.3) is 5.91 Å². The number of aromatic nitrogens is 4. The Morgan fingerprint density at radius 2 is 1.91 bits per heavy atom. The first-order valence-electron chi connectivity index (χ1n) is 9.35. The number of amides is 1. The molecule has 1 fully saturated rings. The van der Waals surface area contributed by atoms with Crippen molar-refractivity contribution < 1.29 is 27.9 Å². The van der Waals surface area contributed by atoms with Gasteiger partial charge in [-0.05, 0) is 38.8 Å². The monoisotopic (exact) mass is 468 g/mol. The first-order chi connectivity index (χ1) is 15.0. The smallest absolute Gasteiger partial charge is 0.475 e. The van der Waals surface area contributed by atoms with E-state index >= 15 is 0 Å². The van der Waals surface area contributed by atoms with Crippen LogP contribution < -0.4 is 10.6 Å². The number of carboxylic acids is 1. The standard InChI is InChI=1S/C17H18N6OS.C2HF3O2/c1-10-11(2)23(9-19-10)15-6-5-13(7-18-15)20-16(24)14-8-25-17(22-14)21-12-3-4-12;3-2(4,5)1(6)7/h5-9,12H,3-4H2,1-2H3,(H,20,24)(H,21,22);(H,6,7). The van der Waals surface area contributed by atoms with Crippen molar-refractivity contribution in [2.45, 2.75) is 38.9 Å². The van der Waals surface area contributed by atoms with Gasteiger partial charge in [-0.2, -0.15) is 13.2 Å². The minimum Gasteiger partial charge on any atom is -0.475 e. The van der Waals surface area contributed by atoms with Gasteiger partial charge in [0.2, 0.25) is 0 Å². The molecule has 0 aliphatic heterocycles. The van der Waals surface area contributed by atoms with Crippen molar-refractivity contribution in [3.63, 3.8) is 0 Å². The summed E-state index contributed by atoms with van der Waals surface area (Å²) in [6, 6.07) is 4.20. The summed E-state index contributed by atoms with van der Waals surface area (Å²) in [5.41, 5.74) is 3.06. The second-order valence-electron chi connectivity index (χ2n) is 6.90. The van der Waals surface area contributed by atoms with Crippen LogP contribution >= 0.6 is 11.3 Å². The Balaban J connectivity index is 0.000000360. The highest BCUT2D eigenvalue weighted by Crippen LogP contribution is 2.26. The van der Waals surface area contributed by atoms with Crippen LogP contribution in [0.2, 0.25) is 0 Å². The number of carbonyl (C=O) groups excluding carboxylic acids is 1. The Hall–Kier alpha value is -3.48. The van der Waals surface area contributed by atoms with Gasteiger partial charge in [0.05, 0.1) is 17.6 Å². The van der Waals surface area contributed by atoms with Gasteiger partial charge in [-0.1, -0.05) is 0 Å². The molecule has 13 heteroatoms. The highest BCUT2D eigenvalue weighted by molar-refractivity contribution is 7.13. The number of carboxylic acid groups (broad SMARTS) is 1. The van der Waals surface area contributed by atoms with E-state index in [2.05, 4.69) is 25.6 Å². The molecule has 4 rings (SSSR count). The van der Waals surface area contributed by atoms with Crippen LogP contribution in [0.25, 0.3) is 5.82 Å². The average Bonchev–Trinajstić information content (AvgIpc) is 3.31. The lowest BCUT2D eigenvalue weighted by molar-refractivity contribution is -0.192. The van der Waals surface area contributed by atoms with Gasteiger partial charge in [-0.25, -0.2) is 19.7 Å². The summed E-state index contributed by atoms with van der Waals surface area (Å²) in [7, 11) is 0. The predicted octanol–water partition coefficient (Wildman–Crippen LogP) is 3.80. The van der Waals surface area contributed by atoms with Gasteiger partial charge in [-0.15, -0.1) is 11.3 Å². The van der Waals surface area contributed by atoms with Gasteiger partial charge in [-0.3, -0.25) is 9.36 Å². The lowest BCUT2D eigenvalue weighted by Gasteiger charge is -2.07. The van der Waals surface area contributed by atoms with E-state index in [1.54, 1.807) is 17.9 Å². The van der Waals surface area contributed by atoms with Crippen LogP contribution in [0.4, 0.5) is 24.0 Å². The zero-order valence-electron chi connectivity index (χ0n) is 17.0. The summed E-state index contributed by atoms with van der Waals surface area (Å²) in [5, 5.41) is 15.8. The molecule has 3 aromatic heterocycles. The molecule has 1 saturated carbocycles. The van der Waals surface area contributed by atoms with Crippen LogP contribution in [0, 0.1) is 13.8 Å². The summed E-state index contributed by atoms with van der Waals surface area (Å²) in [4.78, 5) is 34.2. The maximum Gasteiger partial charge on any atom is 0.490 e. The summed E-state index contributed by atoms with van der Waals surface area (Å²) in [6.07, 6.45) is 0.650. The molecule has 9 nitrogen and oxygen atoms in total. The SMILES string of the molecule is Cc1ncn(-c2ccc(NC(=O)c3csc(NC4CC4)n3)cn2)c1C.O=C(O)C(F)(F)F. The highest BCUT2D eigenvalue weighted by atomic mass is 32.1. The molecule has 3 aromatic rings. The molecule has 3 N–H and O–H groups in total. The van der Waals surface area contributed by atoms with Crippen molar-refractivity contribution >= 4 is 34.0 Å². The van der Waals surface area contributed by atoms with Crippen molar-refractivity contribution in [1.29, 1.82) is 0 Å². The Kier molecular flexibility index (Phi) is 6.77. The normalized spacial score (nSPS) is 13.2. The van der Waals surface area contributed by atoms with Crippen LogP contribution in [-0.4, -0.2) is 48.7 Å². The summed E-state index contributed by atoms with van der Waals surface area (Å²) in [5.74, 6) is -2.22. The molecule has 0 saturated heterocycles. The lowest BCUT2D eigenvalue weighted by Crippen LogP contribution is -2.21. The number of hydrogen-bond donors (Lipinski definition) is 3. The van der Waals surface area contributed by atoms with Crippen molar-refractivity contribution in [2.75, 3.05) is 10.6 Å². The Morgan fingerprint density at radius 3 is 2.41 bits per heavy atom. The number of carbonyl (C=O) groups is 2. The molecular formula is C19H19F3N6O3S. The number of hydrogen-bond acceptors (Lipinski definition) is 7. The van der Waals surface area contributed by atoms with Crippen molar-refractivity contribution in [3.05, 3.63) is 47.1 Å². The van der Waals surface area contributed by atoms with Crippen LogP contribution in [0.1, 0.15) is 34.7 Å². The maximum absolute atomic E-state index is 12.3. The van der Waals surface area contributed by atoms with Gasteiger partial charge in [0, 0.05) is 17.1 Å². The number of pyridine rings is 1. The molecule has 0 aromatic carbocycles. The number of aliphatic carboxylic acids is 1. The number of thiazole rings is 1. The van der Waals surface area contributed by atoms with Crippen molar-refractivity contribution in [3.8, 4) is 5.82 Å². The number of nitrogens with zero attached hydrogens (tertiary/aromatic N) is 4. The Bertz CT molecular complexity index is 1110. The van der Waals surface area contributed by atoms with Crippen molar-refractivity contribution in [1.82, 2.24) is 19.5 Å². The number of halogens is 3. The molecule has 0 radical (unpaired) electrons. The van der Waals surface area contributed by atoms with Gasteiger partial charge in [0.1, 0.15) is 17.8 Å². The lowest BCUT2D eigenvalue weighted by atomic mass is 10.3. The molecule has 1 aliphatic rings. The highest BCUT2D eigenvalue weighted by Gasteiger charge is 2.38. The van der Waals surface area contributed by atoms with E-state index in [1.807, 2.05) is 30.5 Å². The molecule has 0 spiro atoms. The van der Waals surface area contributed by atoms with Crippen LogP contribution in [0.3, 0.4) is 0 Å². The third-order valence-corrected chi connectivity index (χ3v) is 5.16. The minimum absolute atomic E-state index is 0.232. The zero-order chi connectivity index (χ0) is 23.5. The summed E-state index contributed by atoms with van der Waals surface area (Å²) in [6.45, 7) is 3.95. The van der Waals surface area contributed by atoms with Gasteiger partial charge in [0.15, 0.2) is 5.13 Å². The predicted molar refractivity (Wildman–Crippen MR) is 111 cm³/mol. The first-order valence-corrected chi connectivity index (χ1v) is 10.2. The molecule has 0 bridgehead atoms. The van der Waals surface area contributed by atoms with Crippen molar-refractivity contribution in [2.24, 2.45) is 0 Å². The van der Waals surface area contributed by atoms with E-state index < -0.39 is 12.1 Å². The zero-order valence-corrected chi connectivity index (χ0v) is 17.8. The number of nitrogens with one attached hydrogen (secondary N) is 2. The Labute approximate surface area is 184 Å². The topological polar surface area (TPSA) is 122 Å². The van der Waals surface area contributed by atoms with Gasteiger partial charge < -0.3 is 15.7 Å². The van der Waals surface area contributed by atoms with E-state index in [0.29, 0.717) is 17.4 Å². The van der Waals surface area contributed by atoms with Crippen LogP contribution in [0.15, 0.2) is 30.0 Å². The largest absolute Gasteiger partial charge is 0.490 e.